The highest BCUT2D eigenvalue weighted by Gasteiger charge is 2.33. The Morgan fingerprint density at radius 3 is 2.10 bits per heavy atom. The third kappa shape index (κ3) is 10.5. The summed E-state index contributed by atoms with van der Waals surface area (Å²) in [5.74, 6) is -3.40. The van der Waals surface area contributed by atoms with Crippen LogP contribution >= 0.6 is 0 Å². The van der Waals surface area contributed by atoms with Crippen LogP contribution in [-0.4, -0.2) is 61.1 Å². The maximum absolute atomic E-state index is 13.4. The summed E-state index contributed by atoms with van der Waals surface area (Å²) < 4.78 is 0. The molecule has 0 bridgehead atoms. The first-order valence-electron chi connectivity index (χ1n) is 13.6. The molecule has 0 saturated heterocycles. The standard InChI is InChI=1S/C27H43N9O4/c1-33-24(38)19(14-17-9-11-18(12-10-17)22(28)29)25(39)36-21(15-16-6-3-2-4-7-16)26(40)35-20(23(30)37)8-5-13-34-27(31)32/h9-12,16,19-21H,2-8,13-15H2,1H3,(H3,28,29)(H2,30,37)(H,33,38)(H,35,40)(H,36,39)(H4,31,32,34)/t19?,20-,21-/m0/s1. The van der Waals surface area contributed by atoms with Crippen molar-refractivity contribution in [3.63, 3.8) is 0 Å². The summed E-state index contributed by atoms with van der Waals surface area (Å²) >= 11 is 0. The molecule has 3 atom stereocenters. The van der Waals surface area contributed by atoms with Gasteiger partial charge in [0.25, 0.3) is 0 Å². The molecular weight excluding hydrogens is 514 g/mol. The Labute approximate surface area is 234 Å². The Morgan fingerprint density at radius 2 is 1.55 bits per heavy atom. The number of carbonyl (C=O) groups is 4. The summed E-state index contributed by atoms with van der Waals surface area (Å²) in [7, 11) is 1.44. The number of nitrogens with two attached hydrogens (primary N) is 4. The normalized spacial score (nSPS) is 15.6. The van der Waals surface area contributed by atoms with E-state index in [0.29, 0.717) is 24.0 Å². The lowest BCUT2D eigenvalue weighted by atomic mass is 9.84. The van der Waals surface area contributed by atoms with Crippen molar-refractivity contribution in [3.8, 4) is 0 Å². The van der Waals surface area contributed by atoms with Crippen LogP contribution in [0, 0.1) is 17.2 Å². The molecule has 40 heavy (non-hydrogen) atoms. The molecule has 4 amide bonds. The van der Waals surface area contributed by atoms with E-state index in [1.165, 1.54) is 7.05 Å². The minimum absolute atomic E-state index is 0.0737. The molecule has 0 heterocycles. The third-order valence-corrected chi connectivity index (χ3v) is 7.12. The molecule has 1 aromatic rings. The predicted molar refractivity (Wildman–Crippen MR) is 153 cm³/mol. The molecular formula is C27H43N9O4. The maximum Gasteiger partial charge on any atom is 0.243 e. The summed E-state index contributed by atoms with van der Waals surface area (Å²) in [6, 6.07) is 4.77. The van der Waals surface area contributed by atoms with Crippen LogP contribution < -0.4 is 38.9 Å². The molecule has 2 rings (SSSR count). The number of primary amides is 1. The fourth-order valence-corrected chi connectivity index (χ4v) is 4.86. The van der Waals surface area contributed by atoms with Crippen LogP contribution in [0.4, 0.5) is 0 Å². The third-order valence-electron chi connectivity index (χ3n) is 7.12. The van der Waals surface area contributed by atoms with Crippen LogP contribution in [0.3, 0.4) is 0 Å². The number of nitrogens with one attached hydrogen (secondary N) is 4. The highest BCUT2D eigenvalue weighted by atomic mass is 16.2. The van der Waals surface area contributed by atoms with Gasteiger partial charge in [0.1, 0.15) is 23.8 Å². The van der Waals surface area contributed by atoms with E-state index < -0.39 is 41.6 Å². The number of rotatable bonds is 15. The summed E-state index contributed by atoms with van der Waals surface area (Å²) in [6.07, 6.45) is 6.15. The Morgan fingerprint density at radius 1 is 0.925 bits per heavy atom. The zero-order valence-electron chi connectivity index (χ0n) is 23.1. The maximum atomic E-state index is 13.4. The zero-order chi connectivity index (χ0) is 29.7. The molecule has 220 valence electrons. The van der Waals surface area contributed by atoms with E-state index in [9.17, 15) is 19.2 Å². The molecule has 12 N–H and O–H groups in total. The van der Waals surface area contributed by atoms with Gasteiger partial charge in [0, 0.05) is 19.2 Å². The van der Waals surface area contributed by atoms with Gasteiger partial charge in [-0.05, 0) is 37.2 Å². The lowest BCUT2D eigenvalue weighted by Crippen LogP contribution is -2.55. The number of amides is 4. The smallest absolute Gasteiger partial charge is 0.243 e. The molecule has 0 spiro atoms. The first kappa shape index (κ1) is 32.1. The van der Waals surface area contributed by atoms with E-state index in [1.807, 2.05) is 0 Å². The lowest BCUT2D eigenvalue weighted by molar-refractivity contribution is -0.138. The van der Waals surface area contributed by atoms with Gasteiger partial charge in [-0.3, -0.25) is 29.6 Å². The molecule has 1 fully saturated rings. The van der Waals surface area contributed by atoms with Crippen LogP contribution in [0.15, 0.2) is 29.3 Å². The van der Waals surface area contributed by atoms with Gasteiger partial charge in [0.15, 0.2) is 5.96 Å². The van der Waals surface area contributed by atoms with E-state index in [1.54, 1.807) is 24.3 Å². The predicted octanol–water partition coefficient (Wildman–Crippen LogP) is -0.646. The van der Waals surface area contributed by atoms with Crippen LogP contribution in [0.5, 0.6) is 0 Å². The first-order valence-corrected chi connectivity index (χ1v) is 13.6. The number of nitrogen functional groups attached to an aromatic ring is 1. The minimum atomic E-state index is -1.11. The van der Waals surface area contributed by atoms with Crippen LogP contribution in [0.25, 0.3) is 0 Å². The van der Waals surface area contributed by atoms with Gasteiger partial charge in [-0.25, -0.2) is 0 Å². The van der Waals surface area contributed by atoms with Crippen molar-refractivity contribution in [1.82, 2.24) is 16.0 Å². The van der Waals surface area contributed by atoms with Gasteiger partial charge in [-0.2, -0.15) is 0 Å². The van der Waals surface area contributed by atoms with Crippen molar-refractivity contribution < 1.29 is 19.2 Å². The van der Waals surface area contributed by atoms with Crippen molar-refractivity contribution in [1.29, 1.82) is 5.41 Å². The number of carbonyl (C=O) groups excluding carboxylic acids is 4. The first-order chi connectivity index (χ1) is 19.0. The molecule has 13 heteroatoms. The van der Waals surface area contributed by atoms with Gasteiger partial charge in [0.2, 0.25) is 23.6 Å². The van der Waals surface area contributed by atoms with Crippen LogP contribution in [0.1, 0.15) is 62.5 Å². The SMILES string of the molecule is CNC(=O)C(Cc1ccc(C(=N)N)cc1)C(=O)N[C@@H](CC1CCCCC1)C(=O)N[C@@H](CCCN=C(N)N)C(N)=O. The number of benzene rings is 1. The summed E-state index contributed by atoms with van der Waals surface area (Å²) in [6.45, 7) is 0.269. The van der Waals surface area contributed by atoms with Crippen LogP contribution in [-0.2, 0) is 25.6 Å². The monoisotopic (exact) mass is 557 g/mol. The van der Waals surface area contributed by atoms with Gasteiger partial charge in [-0.15, -0.1) is 0 Å². The second-order valence-electron chi connectivity index (χ2n) is 10.2. The van der Waals surface area contributed by atoms with Gasteiger partial charge in [0.05, 0.1) is 0 Å². The topological polar surface area (TPSA) is 245 Å². The summed E-state index contributed by atoms with van der Waals surface area (Å²) in [5.41, 5.74) is 22.9. The average molecular weight is 558 g/mol. The molecule has 1 saturated carbocycles. The van der Waals surface area contributed by atoms with E-state index in [-0.39, 0.29) is 37.1 Å². The highest BCUT2D eigenvalue weighted by molar-refractivity contribution is 6.02. The minimum Gasteiger partial charge on any atom is -0.384 e. The number of hydrogen-bond donors (Lipinski definition) is 8. The van der Waals surface area contributed by atoms with Crippen molar-refractivity contribution >= 4 is 35.4 Å². The van der Waals surface area contributed by atoms with Gasteiger partial charge >= 0.3 is 0 Å². The number of amidine groups is 1. The fraction of sp³-hybridized carbons (Fsp3) is 0.556. The molecule has 0 aromatic heterocycles. The Kier molecular flexibility index (Phi) is 12.9. The average Bonchev–Trinajstić information content (AvgIpc) is 2.92. The molecule has 1 aliphatic carbocycles. The van der Waals surface area contributed by atoms with Gasteiger partial charge < -0.3 is 38.9 Å². The fourth-order valence-electron chi connectivity index (χ4n) is 4.86. The molecule has 1 aliphatic rings. The quantitative estimate of drug-likeness (QED) is 0.0599. The van der Waals surface area contributed by atoms with Crippen molar-refractivity contribution in [2.75, 3.05) is 13.6 Å². The molecule has 0 radical (unpaired) electrons. The number of aliphatic imine (C=N–C) groups is 1. The largest absolute Gasteiger partial charge is 0.384 e. The number of nitrogens with zero attached hydrogens (tertiary/aromatic N) is 1. The second-order valence-corrected chi connectivity index (χ2v) is 10.2. The van der Waals surface area contributed by atoms with E-state index in [2.05, 4.69) is 20.9 Å². The number of guanidine groups is 1. The molecule has 0 aliphatic heterocycles. The summed E-state index contributed by atoms with van der Waals surface area (Å²) in [5, 5.41) is 15.5. The Bertz CT molecular complexity index is 1060. The second kappa shape index (κ2) is 16.1. The van der Waals surface area contributed by atoms with E-state index in [4.69, 9.17) is 28.3 Å². The molecule has 1 aromatic carbocycles. The molecule has 1 unspecified atom stereocenters. The molecule has 13 nitrogen and oxygen atoms in total. The van der Waals surface area contributed by atoms with Crippen molar-refractivity contribution in [2.24, 2.45) is 39.8 Å². The zero-order valence-corrected chi connectivity index (χ0v) is 23.1. The van der Waals surface area contributed by atoms with E-state index >= 15 is 0 Å². The Hall–Kier alpha value is -4.16. The highest BCUT2D eigenvalue weighted by Crippen LogP contribution is 2.27. The van der Waals surface area contributed by atoms with Crippen LogP contribution in [0.2, 0.25) is 0 Å². The van der Waals surface area contributed by atoms with Crippen molar-refractivity contribution in [3.05, 3.63) is 35.4 Å². The lowest BCUT2D eigenvalue weighted by Gasteiger charge is -2.28. The number of hydrogen-bond acceptors (Lipinski definition) is 6. The van der Waals surface area contributed by atoms with Gasteiger partial charge in [-0.1, -0.05) is 56.4 Å². The van der Waals surface area contributed by atoms with E-state index in [0.717, 1.165) is 32.1 Å². The summed E-state index contributed by atoms with van der Waals surface area (Å²) in [4.78, 5) is 55.5. The Balaban J connectivity index is 2.20. The van der Waals surface area contributed by atoms with Crippen molar-refractivity contribution in [2.45, 2.75) is 69.9 Å².